The van der Waals surface area contributed by atoms with Gasteiger partial charge in [-0.05, 0) is 13.3 Å². The Morgan fingerprint density at radius 3 is 3.00 bits per heavy atom. The predicted molar refractivity (Wildman–Crippen MR) is 49.0 cm³/mol. The minimum atomic E-state index is 0.462. The van der Waals surface area contributed by atoms with Crippen molar-refractivity contribution in [2.45, 2.75) is 32.7 Å². The van der Waals surface area contributed by atoms with Crippen molar-refractivity contribution in [2.24, 2.45) is 4.99 Å². The van der Waals surface area contributed by atoms with Gasteiger partial charge in [0, 0.05) is 13.1 Å². The van der Waals surface area contributed by atoms with Gasteiger partial charge in [0.15, 0.2) is 0 Å². The van der Waals surface area contributed by atoms with Crippen LogP contribution in [0.2, 0.25) is 0 Å². The van der Waals surface area contributed by atoms with Crippen LogP contribution in [0.15, 0.2) is 4.99 Å². The van der Waals surface area contributed by atoms with Crippen molar-refractivity contribution in [3.8, 4) is 6.07 Å². The molecular weight excluding hydrogens is 150 g/mol. The molecule has 66 valence electrons. The van der Waals surface area contributed by atoms with E-state index in [4.69, 9.17) is 5.26 Å². The van der Waals surface area contributed by atoms with E-state index >= 15 is 0 Å². The Morgan fingerprint density at radius 2 is 2.50 bits per heavy atom. The summed E-state index contributed by atoms with van der Waals surface area (Å²) >= 11 is 0. The summed E-state index contributed by atoms with van der Waals surface area (Å²) in [7, 11) is 0. The number of rotatable bonds is 3. The summed E-state index contributed by atoms with van der Waals surface area (Å²) in [5, 5.41) is 8.42. The minimum Gasteiger partial charge on any atom is -0.357 e. The highest BCUT2D eigenvalue weighted by molar-refractivity contribution is 5.81. The third-order valence-corrected chi connectivity index (χ3v) is 2.22. The monoisotopic (exact) mass is 165 g/mol. The molecule has 0 aromatic rings. The molecule has 1 heterocycles. The lowest BCUT2D eigenvalue weighted by Crippen LogP contribution is -2.28. The van der Waals surface area contributed by atoms with Crippen LogP contribution in [0.1, 0.15) is 26.7 Å². The van der Waals surface area contributed by atoms with E-state index in [-0.39, 0.29) is 0 Å². The van der Waals surface area contributed by atoms with Crippen LogP contribution in [0.25, 0.3) is 0 Å². The fraction of sp³-hybridized carbons (Fsp3) is 0.778. The fourth-order valence-electron chi connectivity index (χ4n) is 1.43. The summed E-state index contributed by atoms with van der Waals surface area (Å²) in [6.45, 7) is 6.01. The maximum Gasteiger partial charge on any atom is 0.0962 e. The van der Waals surface area contributed by atoms with Crippen LogP contribution in [-0.4, -0.2) is 29.9 Å². The first-order chi connectivity index (χ1) is 5.77. The zero-order valence-corrected chi connectivity index (χ0v) is 7.75. The standard InChI is InChI=1S/C9H15N3/c1-3-9-7-12(6-4-5-10)8(2)11-9/h9H,3-4,6-7H2,1-2H3. The molecule has 3 heteroatoms. The number of nitriles is 1. The summed E-state index contributed by atoms with van der Waals surface area (Å²) in [4.78, 5) is 6.67. The number of hydrogen-bond donors (Lipinski definition) is 0. The van der Waals surface area contributed by atoms with E-state index < -0.39 is 0 Å². The fourth-order valence-corrected chi connectivity index (χ4v) is 1.43. The molecule has 1 atom stereocenters. The van der Waals surface area contributed by atoms with Gasteiger partial charge < -0.3 is 4.90 Å². The molecule has 0 radical (unpaired) electrons. The quantitative estimate of drug-likeness (QED) is 0.634. The Kier molecular flexibility index (Phi) is 3.09. The van der Waals surface area contributed by atoms with Crippen LogP contribution in [0.5, 0.6) is 0 Å². The first kappa shape index (κ1) is 9.05. The van der Waals surface area contributed by atoms with Crippen molar-refractivity contribution >= 4 is 5.84 Å². The molecule has 1 rings (SSSR count). The Morgan fingerprint density at radius 1 is 1.75 bits per heavy atom. The molecule has 1 aliphatic rings. The average molecular weight is 165 g/mol. The van der Waals surface area contributed by atoms with E-state index in [1.807, 2.05) is 6.92 Å². The van der Waals surface area contributed by atoms with E-state index in [0.29, 0.717) is 12.5 Å². The average Bonchev–Trinajstić information content (AvgIpc) is 2.43. The Bertz CT molecular complexity index is 214. The Labute approximate surface area is 73.7 Å². The van der Waals surface area contributed by atoms with Gasteiger partial charge in [-0.3, -0.25) is 4.99 Å². The second kappa shape index (κ2) is 4.10. The predicted octanol–water partition coefficient (Wildman–Crippen LogP) is 1.41. The first-order valence-corrected chi connectivity index (χ1v) is 4.44. The summed E-state index contributed by atoms with van der Waals surface area (Å²) in [6, 6.07) is 2.61. The molecule has 3 nitrogen and oxygen atoms in total. The normalized spacial score (nSPS) is 22.2. The zero-order valence-electron chi connectivity index (χ0n) is 7.75. The van der Waals surface area contributed by atoms with Crippen LogP contribution in [0.4, 0.5) is 0 Å². The summed E-state index contributed by atoms with van der Waals surface area (Å²) in [6.07, 6.45) is 1.70. The largest absolute Gasteiger partial charge is 0.357 e. The SMILES string of the molecule is CCC1CN(CCC#N)C(C)=N1. The van der Waals surface area contributed by atoms with Crippen molar-refractivity contribution < 1.29 is 0 Å². The third kappa shape index (κ3) is 1.97. The van der Waals surface area contributed by atoms with E-state index in [2.05, 4.69) is 22.9 Å². The van der Waals surface area contributed by atoms with Crippen molar-refractivity contribution in [2.75, 3.05) is 13.1 Å². The molecule has 1 unspecified atom stereocenters. The van der Waals surface area contributed by atoms with Gasteiger partial charge >= 0.3 is 0 Å². The summed E-state index contributed by atoms with van der Waals surface area (Å²) < 4.78 is 0. The topological polar surface area (TPSA) is 39.4 Å². The number of aliphatic imine (C=N–C) groups is 1. The van der Waals surface area contributed by atoms with Crippen molar-refractivity contribution in [1.82, 2.24) is 4.90 Å². The molecule has 0 amide bonds. The highest BCUT2D eigenvalue weighted by Gasteiger charge is 2.19. The molecular formula is C9H15N3. The van der Waals surface area contributed by atoms with Crippen molar-refractivity contribution in [1.29, 1.82) is 5.26 Å². The van der Waals surface area contributed by atoms with E-state index in [1.165, 1.54) is 0 Å². The van der Waals surface area contributed by atoms with Crippen LogP contribution < -0.4 is 0 Å². The highest BCUT2D eigenvalue weighted by atomic mass is 15.2. The summed E-state index contributed by atoms with van der Waals surface area (Å²) in [5.74, 6) is 1.09. The third-order valence-electron chi connectivity index (χ3n) is 2.22. The maximum absolute atomic E-state index is 8.42. The molecule has 0 fully saturated rings. The number of nitrogens with zero attached hydrogens (tertiary/aromatic N) is 3. The van der Waals surface area contributed by atoms with E-state index in [1.54, 1.807) is 0 Å². The van der Waals surface area contributed by atoms with Crippen LogP contribution >= 0.6 is 0 Å². The molecule has 0 aliphatic carbocycles. The lowest BCUT2D eigenvalue weighted by Gasteiger charge is -2.16. The molecule has 0 bridgehead atoms. The van der Waals surface area contributed by atoms with Gasteiger partial charge in [-0.25, -0.2) is 0 Å². The molecule has 0 spiro atoms. The lowest BCUT2D eigenvalue weighted by atomic mass is 10.2. The smallest absolute Gasteiger partial charge is 0.0962 e. The molecule has 1 aliphatic heterocycles. The molecule has 0 aromatic heterocycles. The molecule has 0 saturated heterocycles. The van der Waals surface area contributed by atoms with E-state index in [9.17, 15) is 0 Å². The van der Waals surface area contributed by atoms with Crippen LogP contribution in [0, 0.1) is 11.3 Å². The molecule has 0 saturated carbocycles. The number of amidine groups is 1. The Hall–Kier alpha value is -1.04. The van der Waals surface area contributed by atoms with Gasteiger partial charge in [0.1, 0.15) is 0 Å². The molecule has 0 N–H and O–H groups in total. The van der Waals surface area contributed by atoms with Gasteiger partial charge in [0.2, 0.25) is 0 Å². The van der Waals surface area contributed by atoms with Gasteiger partial charge in [0.05, 0.1) is 24.4 Å². The van der Waals surface area contributed by atoms with Gasteiger partial charge in [0.25, 0.3) is 0 Å². The second-order valence-electron chi connectivity index (χ2n) is 3.09. The van der Waals surface area contributed by atoms with Gasteiger partial charge in [-0.15, -0.1) is 0 Å². The Balaban J connectivity index is 2.40. The maximum atomic E-state index is 8.42. The van der Waals surface area contributed by atoms with E-state index in [0.717, 1.165) is 25.3 Å². The van der Waals surface area contributed by atoms with Crippen molar-refractivity contribution in [3.05, 3.63) is 0 Å². The minimum absolute atomic E-state index is 0.462. The van der Waals surface area contributed by atoms with Gasteiger partial charge in [-0.2, -0.15) is 5.26 Å². The first-order valence-electron chi connectivity index (χ1n) is 4.44. The summed E-state index contributed by atoms with van der Waals surface area (Å²) in [5.41, 5.74) is 0. The zero-order chi connectivity index (χ0) is 8.97. The molecule has 0 aromatic carbocycles. The van der Waals surface area contributed by atoms with Gasteiger partial charge in [-0.1, -0.05) is 6.92 Å². The lowest BCUT2D eigenvalue weighted by molar-refractivity contribution is 0.425. The second-order valence-corrected chi connectivity index (χ2v) is 3.09. The molecule has 12 heavy (non-hydrogen) atoms. The van der Waals surface area contributed by atoms with Crippen LogP contribution in [0.3, 0.4) is 0 Å². The van der Waals surface area contributed by atoms with Crippen molar-refractivity contribution in [3.63, 3.8) is 0 Å². The number of hydrogen-bond acceptors (Lipinski definition) is 3. The highest BCUT2D eigenvalue weighted by Crippen LogP contribution is 2.11. The van der Waals surface area contributed by atoms with Crippen LogP contribution in [-0.2, 0) is 0 Å².